The molecule has 12 heteroatoms. The maximum absolute atomic E-state index is 14.0. The summed E-state index contributed by atoms with van der Waals surface area (Å²) in [5.74, 6) is -4.66. The average Bonchev–Trinajstić information content (AvgIpc) is 3.06. The topological polar surface area (TPSA) is 61.8 Å². The van der Waals surface area contributed by atoms with E-state index in [1.165, 1.54) is 26.0 Å². The van der Waals surface area contributed by atoms with Gasteiger partial charge in [-0.05, 0) is 38.1 Å². The third kappa shape index (κ3) is 5.01. The quantitative estimate of drug-likeness (QED) is 0.163. The number of carbonyl (C=O) groups is 2. The number of rotatable bonds is 5. The summed E-state index contributed by atoms with van der Waals surface area (Å²) < 4.78 is 94.2. The number of hydrogen-bond acceptors (Lipinski definition) is 6. The second-order valence-corrected chi connectivity index (χ2v) is 8.09. The first-order valence-electron chi connectivity index (χ1n) is 9.20. The van der Waals surface area contributed by atoms with Crippen LogP contribution in [0.15, 0.2) is 48.6 Å². The van der Waals surface area contributed by atoms with Crippen LogP contribution in [-0.4, -0.2) is 18.3 Å². The minimum Gasteiger partial charge on any atom is -0.422 e. The zero-order valence-electron chi connectivity index (χ0n) is 17.4. The summed E-state index contributed by atoms with van der Waals surface area (Å²) in [6.45, 7) is 9.13. The molecule has 5 nitrogen and oxygen atoms in total. The predicted molar refractivity (Wildman–Crippen MR) is 112 cm³/mol. The fourth-order valence-electron chi connectivity index (χ4n) is 2.86. The Hall–Kier alpha value is -3.54. The second-order valence-electron chi connectivity index (χ2n) is 7.07. The van der Waals surface area contributed by atoms with Crippen molar-refractivity contribution in [3.8, 4) is 17.2 Å². The number of esters is 2. The fourth-order valence-corrected chi connectivity index (χ4v) is 4.20. The molecule has 0 saturated carbocycles. The molecule has 0 spiro atoms. The van der Waals surface area contributed by atoms with Crippen molar-refractivity contribution in [1.29, 1.82) is 0 Å². The van der Waals surface area contributed by atoms with E-state index in [4.69, 9.17) is 9.47 Å². The van der Waals surface area contributed by atoms with Crippen molar-refractivity contribution in [3.05, 3.63) is 54.1 Å². The number of halogens is 6. The Morgan fingerprint density at radius 1 is 0.794 bits per heavy atom. The summed E-state index contributed by atoms with van der Waals surface area (Å²) in [6, 6.07) is 4.22. The van der Waals surface area contributed by atoms with Gasteiger partial charge in [-0.3, -0.25) is 0 Å². The van der Waals surface area contributed by atoms with Crippen LogP contribution in [0.5, 0.6) is 17.2 Å². The zero-order chi connectivity index (χ0) is 25.6. The third-order valence-corrected chi connectivity index (χ3v) is 5.53. The Morgan fingerprint density at radius 3 is 1.74 bits per heavy atom. The average molecular weight is 504 g/mol. The number of alkyl halides is 6. The highest BCUT2D eigenvalue weighted by Gasteiger charge is 2.39. The molecule has 0 N–H and O–H groups in total. The lowest BCUT2D eigenvalue weighted by molar-refractivity contribution is -0.274. The number of hydrogen-bond donors (Lipinski definition) is 0. The fraction of sp³-hybridized carbons (Fsp3) is 0.182. The van der Waals surface area contributed by atoms with Crippen molar-refractivity contribution in [2.24, 2.45) is 0 Å². The molecule has 1 aromatic heterocycles. The van der Waals surface area contributed by atoms with Crippen LogP contribution in [0.4, 0.5) is 26.3 Å². The van der Waals surface area contributed by atoms with Gasteiger partial charge in [0.1, 0.15) is 11.3 Å². The predicted octanol–water partition coefficient (Wildman–Crippen LogP) is 6.93. The SMILES string of the molecule is C=C(C)C(=O)Oc1ccc2c(sc3c(C(F)(F)F)c(OC(=O)C(=C)C)ccc32)c1OC(F)(F)F. The van der Waals surface area contributed by atoms with Crippen LogP contribution < -0.4 is 14.2 Å². The Balaban J connectivity index is 2.35. The van der Waals surface area contributed by atoms with Gasteiger partial charge < -0.3 is 14.2 Å². The van der Waals surface area contributed by atoms with Crippen LogP contribution in [0.1, 0.15) is 19.4 Å². The molecule has 180 valence electrons. The summed E-state index contributed by atoms with van der Waals surface area (Å²) in [7, 11) is 0. The van der Waals surface area contributed by atoms with E-state index in [2.05, 4.69) is 17.9 Å². The lowest BCUT2D eigenvalue weighted by Crippen LogP contribution is -2.18. The van der Waals surface area contributed by atoms with E-state index < -0.39 is 52.0 Å². The molecule has 0 radical (unpaired) electrons. The molecule has 0 bridgehead atoms. The summed E-state index contributed by atoms with van der Waals surface area (Å²) in [5, 5.41) is -0.107. The van der Waals surface area contributed by atoms with Gasteiger partial charge in [0, 0.05) is 21.9 Å². The van der Waals surface area contributed by atoms with Crippen LogP contribution in [-0.2, 0) is 15.8 Å². The van der Waals surface area contributed by atoms with Crippen LogP contribution in [0.25, 0.3) is 20.2 Å². The van der Waals surface area contributed by atoms with E-state index in [-0.39, 0.29) is 26.6 Å². The summed E-state index contributed by atoms with van der Waals surface area (Å²) in [4.78, 5) is 23.7. The third-order valence-electron chi connectivity index (χ3n) is 4.29. The lowest BCUT2D eigenvalue weighted by Gasteiger charge is -2.14. The highest BCUT2D eigenvalue weighted by molar-refractivity contribution is 7.26. The van der Waals surface area contributed by atoms with Gasteiger partial charge in [-0.2, -0.15) is 13.2 Å². The van der Waals surface area contributed by atoms with Crippen molar-refractivity contribution in [1.82, 2.24) is 0 Å². The van der Waals surface area contributed by atoms with E-state index in [9.17, 15) is 35.9 Å². The first kappa shape index (κ1) is 25.1. The highest BCUT2D eigenvalue weighted by Crippen LogP contribution is 2.51. The van der Waals surface area contributed by atoms with Gasteiger partial charge in [-0.1, -0.05) is 13.2 Å². The molecule has 3 aromatic rings. The number of benzene rings is 2. The first-order valence-corrected chi connectivity index (χ1v) is 10.0. The van der Waals surface area contributed by atoms with Gasteiger partial charge in [0.05, 0.1) is 9.40 Å². The van der Waals surface area contributed by atoms with Gasteiger partial charge in [0.2, 0.25) is 0 Å². The highest BCUT2D eigenvalue weighted by atomic mass is 32.1. The van der Waals surface area contributed by atoms with Gasteiger partial charge in [0.25, 0.3) is 0 Å². The molecule has 0 aliphatic heterocycles. The molecule has 34 heavy (non-hydrogen) atoms. The number of carbonyl (C=O) groups excluding carboxylic acids is 2. The van der Waals surface area contributed by atoms with Gasteiger partial charge >= 0.3 is 24.5 Å². The summed E-state index contributed by atoms with van der Waals surface area (Å²) in [6.07, 6.45) is -10.3. The molecule has 3 rings (SSSR count). The van der Waals surface area contributed by atoms with Crippen molar-refractivity contribution in [2.75, 3.05) is 0 Å². The van der Waals surface area contributed by atoms with E-state index in [1.54, 1.807) is 0 Å². The molecule has 0 saturated heterocycles. The number of thiophene rings is 1. The van der Waals surface area contributed by atoms with E-state index >= 15 is 0 Å². The number of ether oxygens (including phenoxy) is 3. The molecule has 0 aliphatic carbocycles. The molecule has 0 aliphatic rings. The van der Waals surface area contributed by atoms with E-state index in [0.717, 1.165) is 12.1 Å². The van der Waals surface area contributed by atoms with Crippen molar-refractivity contribution < 1.29 is 50.1 Å². The molecular weight excluding hydrogens is 490 g/mol. The van der Waals surface area contributed by atoms with Crippen LogP contribution in [0.3, 0.4) is 0 Å². The zero-order valence-corrected chi connectivity index (χ0v) is 18.3. The van der Waals surface area contributed by atoms with Crippen LogP contribution >= 0.6 is 11.3 Å². The second kappa shape index (κ2) is 8.67. The molecule has 0 amide bonds. The van der Waals surface area contributed by atoms with Crippen LogP contribution in [0.2, 0.25) is 0 Å². The minimum atomic E-state index is -5.25. The Bertz CT molecular complexity index is 1350. The summed E-state index contributed by atoms with van der Waals surface area (Å²) >= 11 is 0.309. The van der Waals surface area contributed by atoms with E-state index in [0.29, 0.717) is 11.3 Å². The first-order chi connectivity index (χ1) is 15.6. The number of fused-ring (bicyclic) bond motifs is 3. The maximum atomic E-state index is 14.0. The van der Waals surface area contributed by atoms with Crippen LogP contribution in [0, 0.1) is 0 Å². The monoisotopic (exact) mass is 504 g/mol. The summed E-state index contributed by atoms with van der Waals surface area (Å²) in [5.41, 5.74) is -1.65. The van der Waals surface area contributed by atoms with Gasteiger partial charge in [-0.15, -0.1) is 24.5 Å². The van der Waals surface area contributed by atoms with Crippen molar-refractivity contribution in [3.63, 3.8) is 0 Å². The normalized spacial score (nSPS) is 12.0. The molecule has 2 aromatic carbocycles. The Morgan fingerprint density at radius 2 is 1.26 bits per heavy atom. The largest absolute Gasteiger partial charge is 0.573 e. The Kier molecular flexibility index (Phi) is 6.40. The molecule has 0 fully saturated rings. The lowest BCUT2D eigenvalue weighted by atomic mass is 10.1. The van der Waals surface area contributed by atoms with Crippen molar-refractivity contribution in [2.45, 2.75) is 26.4 Å². The smallest absolute Gasteiger partial charge is 0.422 e. The van der Waals surface area contributed by atoms with Gasteiger partial charge in [0.15, 0.2) is 11.5 Å². The Labute approximate surface area is 191 Å². The van der Waals surface area contributed by atoms with E-state index in [1.807, 2.05) is 0 Å². The molecule has 0 atom stereocenters. The van der Waals surface area contributed by atoms with Gasteiger partial charge in [-0.25, -0.2) is 9.59 Å². The standard InChI is InChI=1S/C22H14F6O5S/c1-9(2)19(29)31-13-7-5-11-12-6-8-14(32-20(30)10(3)4)16(33-22(26,27)28)18(12)34-17(11)15(13)21(23,24)25/h5-8H,1,3H2,2,4H3. The minimum absolute atomic E-state index is 0.0300. The molecule has 1 heterocycles. The molecular formula is C22H14F6O5S. The molecule has 0 unspecified atom stereocenters. The van der Waals surface area contributed by atoms with Crippen molar-refractivity contribution >= 4 is 43.4 Å². The maximum Gasteiger partial charge on any atom is 0.573 e.